The van der Waals surface area contributed by atoms with Crippen LogP contribution < -0.4 is 0 Å². The molecule has 0 spiro atoms. The number of carbonyl (C=O) groups is 3. The molecule has 0 aromatic heterocycles. The van der Waals surface area contributed by atoms with Gasteiger partial charge in [0.2, 0.25) is 5.78 Å². The van der Waals surface area contributed by atoms with E-state index in [1.54, 1.807) is 6.08 Å². The normalized spacial score (nSPS) is 45.3. The highest BCUT2D eigenvalue weighted by Crippen LogP contribution is 2.67. The molecule has 4 aliphatic rings. The summed E-state index contributed by atoms with van der Waals surface area (Å²) >= 11 is 0. The van der Waals surface area contributed by atoms with Gasteiger partial charge >= 0.3 is 5.97 Å². The Labute approximate surface area is 158 Å². The number of rotatable bonds is 2. The summed E-state index contributed by atoms with van der Waals surface area (Å²) in [4.78, 5) is 35.5. The molecule has 148 valence electrons. The van der Waals surface area contributed by atoms with Crippen LogP contribution in [0.5, 0.6) is 0 Å². The van der Waals surface area contributed by atoms with Gasteiger partial charge in [0.05, 0.1) is 6.42 Å². The lowest BCUT2D eigenvalue weighted by Gasteiger charge is -2.60. The molecule has 0 amide bonds. The number of carbonyl (C=O) groups excluding carboxylic acids is 2. The number of aliphatic carboxylic acids is 1. The van der Waals surface area contributed by atoms with Crippen molar-refractivity contribution in [2.75, 3.05) is 0 Å². The predicted octanol–water partition coefficient (Wildman–Crippen LogP) is 2.08. The second-order valence-corrected chi connectivity index (χ2v) is 9.59. The van der Waals surface area contributed by atoms with Crippen LogP contribution in [-0.4, -0.2) is 38.6 Å². The van der Waals surface area contributed by atoms with Crippen molar-refractivity contribution in [3.05, 3.63) is 11.6 Å². The minimum absolute atomic E-state index is 0.0253. The monoisotopic (exact) mass is 376 g/mol. The van der Waals surface area contributed by atoms with E-state index in [2.05, 4.69) is 6.92 Å². The van der Waals surface area contributed by atoms with E-state index < -0.39 is 28.9 Å². The van der Waals surface area contributed by atoms with Gasteiger partial charge in [-0.1, -0.05) is 19.4 Å². The fraction of sp³-hybridized carbons (Fsp3) is 0.762. The van der Waals surface area contributed by atoms with Gasteiger partial charge in [-0.3, -0.25) is 9.59 Å². The quantitative estimate of drug-likeness (QED) is 0.502. The molecule has 3 saturated carbocycles. The van der Waals surface area contributed by atoms with Gasteiger partial charge in [0.25, 0.3) is 0 Å². The molecule has 4 rings (SSSR count). The van der Waals surface area contributed by atoms with Gasteiger partial charge in [0.1, 0.15) is 0 Å². The first-order valence-corrected chi connectivity index (χ1v) is 9.98. The maximum absolute atomic E-state index is 12.3. The largest absolute Gasteiger partial charge is 0.475 e. The van der Waals surface area contributed by atoms with E-state index in [0.29, 0.717) is 25.7 Å². The first-order chi connectivity index (χ1) is 12.5. The third kappa shape index (κ3) is 2.35. The molecule has 3 N–H and O–H groups in total. The maximum Gasteiger partial charge on any atom is 0.372 e. The van der Waals surface area contributed by atoms with Crippen LogP contribution in [0, 0.1) is 34.5 Å². The van der Waals surface area contributed by atoms with Crippen LogP contribution in [0.25, 0.3) is 0 Å². The van der Waals surface area contributed by atoms with Gasteiger partial charge in [-0.2, -0.15) is 0 Å². The van der Waals surface area contributed by atoms with E-state index in [-0.39, 0.29) is 35.4 Å². The number of hydrogen-bond donors (Lipinski definition) is 3. The highest BCUT2D eigenvalue weighted by Gasteiger charge is 2.65. The Morgan fingerprint density at radius 2 is 1.78 bits per heavy atom. The minimum Gasteiger partial charge on any atom is -0.475 e. The van der Waals surface area contributed by atoms with Crippen LogP contribution in [0.15, 0.2) is 11.6 Å². The third-order valence-electron chi connectivity index (χ3n) is 8.71. The summed E-state index contributed by atoms with van der Waals surface area (Å²) in [7, 11) is 0. The molecular weight excluding hydrogens is 348 g/mol. The van der Waals surface area contributed by atoms with E-state index in [4.69, 9.17) is 0 Å². The van der Waals surface area contributed by atoms with Crippen molar-refractivity contribution in [2.45, 2.75) is 64.6 Å². The van der Waals surface area contributed by atoms with Gasteiger partial charge in [0.15, 0.2) is 11.6 Å². The summed E-state index contributed by atoms with van der Waals surface area (Å²) in [6.07, 6.45) is 5.65. The molecule has 0 aromatic carbocycles. The number of Topliss-reactive ketones (excluding diaryl/α,β-unsaturated/α-hetero) is 1. The average Bonchev–Trinajstić information content (AvgIpc) is 2.92. The van der Waals surface area contributed by atoms with Crippen LogP contribution in [0.4, 0.5) is 0 Å². The Kier molecular flexibility index (Phi) is 4.00. The van der Waals surface area contributed by atoms with Gasteiger partial charge in [-0.15, -0.1) is 0 Å². The number of hydrogen-bond acceptors (Lipinski definition) is 5. The average molecular weight is 376 g/mol. The topological polar surface area (TPSA) is 112 Å². The van der Waals surface area contributed by atoms with Crippen LogP contribution in [-0.2, 0) is 14.4 Å². The van der Waals surface area contributed by atoms with Crippen LogP contribution in [0.3, 0.4) is 0 Å². The molecule has 0 aliphatic heterocycles. The highest BCUT2D eigenvalue weighted by atomic mass is 16.5. The van der Waals surface area contributed by atoms with Crippen LogP contribution >= 0.6 is 0 Å². The molecule has 6 atom stereocenters. The number of fused-ring (bicyclic) bond motifs is 5. The summed E-state index contributed by atoms with van der Waals surface area (Å²) in [5, 5.41) is 30.8. The van der Waals surface area contributed by atoms with Gasteiger partial charge in [-0.05, 0) is 67.8 Å². The van der Waals surface area contributed by atoms with Crippen molar-refractivity contribution in [3.63, 3.8) is 0 Å². The van der Waals surface area contributed by atoms with Gasteiger partial charge in [0, 0.05) is 11.3 Å². The third-order valence-corrected chi connectivity index (χ3v) is 8.71. The summed E-state index contributed by atoms with van der Waals surface area (Å²) in [6.45, 7) is 3.93. The molecule has 0 radical (unpaired) electrons. The maximum atomic E-state index is 12.3. The van der Waals surface area contributed by atoms with Crippen molar-refractivity contribution in [1.29, 1.82) is 0 Å². The molecule has 0 aromatic rings. The van der Waals surface area contributed by atoms with Crippen molar-refractivity contribution in [1.82, 2.24) is 0 Å². The zero-order valence-corrected chi connectivity index (χ0v) is 15.9. The van der Waals surface area contributed by atoms with E-state index in [9.17, 15) is 29.7 Å². The zero-order valence-electron chi connectivity index (χ0n) is 15.9. The SMILES string of the molecule is C[C@]12CC[C@H]3[C@@H](CCC4=CC(=O)CC(O)(O)[C@@]43C)[C@@H]1CC[C@H]2C(=O)C(=O)O. The Morgan fingerprint density at radius 3 is 2.44 bits per heavy atom. The Balaban J connectivity index is 1.70. The molecule has 0 unspecified atom stereocenters. The standard InChI is InChI=1S/C21H28O6/c1-19-8-7-15-13(14(19)5-6-16(19)17(23)18(24)25)4-3-11-9-12(22)10-21(26,27)20(11,15)2/h9,13-16,26-27H,3-8,10H2,1-2H3,(H,24,25)/t13-,14-,15-,16-,19-,20-/m0/s1. The molecular formula is C21H28O6. The number of carboxylic acid groups (broad SMARTS) is 1. The number of aliphatic hydroxyl groups is 2. The lowest BCUT2D eigenvalue weighted by molar-refractivity contribution is -0.263. The highest BCUT2D eigenvalue weighted by molar-refractivity contribution is 6.33. The first kappa shape index (κ1) is 18.8. The lowest BCUT2D eigenvalue weighted by Crippen LogP contribution is -2.61. The fourth-order valence-electron chi connectivity index (χ4n) is 7.25. The van der Waals surface area contributed by atoms with Gasteiger partial charge < -0.3 is 15.3 Å². The van der Waals surface area contributed by atoms with E-state index >= 15 is 0 Å². The zero-order chi connectivity index (χ0) is 19.8. The van der Waals surface area contributed by atoms with Crippen LogP contribution in [0.1, 0.15) is 58.8 Å². The molecule has 6 nitrogen and oxygen atoms in total. The molecule has 0 saturated heterocycles. The van der Waals surface area contributed by atoms with E-state index in [0.717, 1.165) is 18.4 Å². The fourth-order valence-corrected chi connectivity index (χ4v) is 7.25. The van der Waals surface area contributed by atoms with Crippen LogP contribution in [0.2, 0.25) is 0 Å². The van der Waals surface area contributed by atoms with Gasteiger partial charge in [-0.25, -0.2) is 4.79 Å². The Bertz CT molecular complexity index is 752. The van der Waals surface area contributed by atoms with Crippen molar-refractivity contribution in [2.24, 2.45) is 34.5 Å². The number of ketones is 2. The molecule has 0 heterocycles. The predicted molar refractivity (Wildman–Crippen MR) is 95.4 cm³/mol. The smallest absolute Gasteiger partial charge is 0.372 e. The molecule has 6 heteroatoms. The first-order valence-electron chi connectivity index (χ1n) is 9.98. The van der Waals surface area contributed by atoms with E-state index in [1.807, 2.05) is 6.92 Å². The Hall–Kier alpha value is -1.53. The summed E-state index contributed by atoms with van der Waals surface area (Å²) in [6, 6.07) is 0. The molecule has 3 fully saturated rings. The summed E-state index contributed by atoms with van der Waals surface area (Å²) in [5.41, 5.74) is -0.364. The van der Waals surface area contributed by atoms with Crippen molar-refractivity contribution in [3.8, 4) is 0 Å². The molecule has 4 aliphatic carbocycles. The Morgan fingerprint density at radius 1 is 1.07 bits per heavy atom. The summed E-state index contributed by atoms with van der Waals surface area (Å²) < 4.78 is 0. The molecule has 0 bridgehead atoms. The van der Waals surface area contributed by atoms with E-state index in [1.165, 1.54) is 0 Å². The second kappa shape index (κ2) is 5.74. The summed E-state index contributed by atoms with van der Waals surface area (Å²) in [5.74, 6) is -4.33. The van der Waals surface area contributed by atoms with Crippen molar-refractivity contribution < 1.29 is 29.7 Å². The number of carboxylic acids is 1. The van der Waals surface area contributed by atoms with Crippen molar-refractivity contribution >= 4 is 17.5 Å². The molecule has 27 heavy (non-hydrogen) atoms. The lowest BCUT2D eigenvalue weighted by atomic mass is 9.45. The minimum atomic E-state index is -2.06. The second-order valence-electron chi connectivity index (χ2n) is 9.59.